The summed E-state index contributed by atoms with van der Waals surface area (Å²) in [5.74, 6) is -1.68. The van der Waals surface area contributed by atoms with Crippen LogP contribution in [0.1, 0.15) is 21.7 Å². The van der Waals surface area contributed by atoms with E-state index in [0.29, 0.717) is 27.5 Å². The first-order chi connectivity index (χ1) is 13.1. The quantitative estimate of drug-likeness (QED) is 0.876. The molecule has 3 rings (SSSR count). The molecule has 0 aromatic heterocycles. The Hall–Kier alpha value is -2.86. The Balaban J connectivity index is 2.15. The molecule has 0 bridgehead atoms. The lowest BCUT2D eigenvalue weighted by molar-refractivity contribution is -0.138. The highest BCUT2D eigenvalue weighted by atomic mass is 35.5. The largest absolute Gasteiger partial charge is 0.497 e. The standard InChI is InChI=1S/C18H15ClN2O4/c1-25-12-6-7-14-13(8-12)17(10-2-4-11(19)5-3-10)20-15(9-16(22)23)18(24)21-14/h2-8,15H,9H2,1H3,(H,21,24)(H,22,23)/t15-/m0/s1/i1D3. The molecule has 1 heterocycles. The van der Waals surface area contributed by atoms with Crippen molar-refractivity contribution in [1.29, 1.82) is 0 Å². The maximum absolute atomic E-state index is 12.4. The smallest absolute Gasteiger partial charge is 0.306 e. The third-order valence-electron chi connectivity index (χ3n) is 3.70. The maximum atomic E-state index is 12.4. The minimum absolute atomic E-state index is 0.0614. The highest BCUT2D eigenvalue weighted by Crippen LogP contribution is 2.29. The van der Waals surface area contributed by atoms with E-state index in [0.717, 1.165) is 0 Å². The van der Waals surface area contributed by atoms with Crippen molar-refractivity contribution in [3.05, 3.63) is 58.6 Å². The van der Waals surface area contributed by atoms with Gasteiger partial charge in [0.05, 0.1) is 29.0 Å². The normalized spacial score (nSPS) is 18.6. The average Bonchev–Trinajstić information content (AvgIpc) is 2.71. The number of hydrogen-bond acceptors (Lipinski definition) is 4. The molecule has 128 valence electrons. The van der Waals surface area contributed by atoms with Gasteiger partial charge in [-0.25, -0.2) is 0 Å². The van der Waals surface area contributed by atoms with Gasteiger partial charge in [0.2, 0.25) is 5.91 Å². The fraction of sp³-hybridized carbons (Fsp3) is 0.167. The van der Waals surface area contributed by atoms with E-state index in [4.69, 9.17) is 25.6 Å². The molecule has 1 aliphatic heterocycles. The van der Waals surface area contributed by atoms with Crippen LogP contribution in [0.15, 0.2) is 47.5 Å². The van der Waals surface area contributed by atoms with Crippen molar-refractivity contribution in [3.8, 4) is 5.75 Å². The molecular formula is C18H15ClN2O4. The highest BCUT2D eigenvalue weighted by Gasteiger charge is 2.28. The van der Waals surface area contributed by atoms with E-state index >= 15 is 0 Å². The molecule has 1 amide bonds. The molecule has 0 saturated carbocycles. The van der Waals surface area contributed by atoms with E-state index in [1.165, 1.54) is 18.2 Å². The van der Waals surface area contributed by atoms with Gasteiger partial charge in [-0.15, -0.1) is 0 Å². The number of benzene rings is 2. The summed E-state index contributed by atoms with van der Waals surface area (Å²) in [6, 6.07) is 9.81. The second-order valence-corrected chi connectivity index (χ2v) is 5.83. The number of nitrogens with zero attached hydrogens (tertiary/aromatic N) is 1. The maximum Gasteiger partial charge on any atom is 0.306 e. The Labute approximate surface area is 153 Å². The lowest BCUT2D eigenvalue weighted by Crippen LogP contribution is -2.27. The molecule has 2 aromatic carbocycles. The summed E-state index contributed by atoms with van der Waals surface area (Å²) in [6.07, 6.45) is -0.491. The van der Waals surface area contributed by atoms with Crippen LogP contribution in [0.2, 0.25) is 5.02 Å². The number of fused-ring (bicyclic) bond motifs is 1. The molecule has 1 atom stereocenters. The molecule has 2 N–H and O–H groups in total. The van der Waals surface area contributed by atoms with Gasteiger partial charge in [-0.1, -0.05) is 23.7 Å². The first-order valence-electron chi connectivity index (χ1n) is 8.82. The number of carboxylic acid groups (broad SMARTS) is 1. The van der Waals surface area contributed by atoms with Crippen molar-refractivity contribution in [2.45, 2.75) is 12.5 Å². The predicted molar refractivity (Wildman–Crippen MR) is 94.8 cm³/mol. The van der Waals surface area contributed by atoms with E-state index in [9.17, 15) is 9.59 Å². The van der Waals surface area contributed by atoms with Gasteiger partial charge in [0.1, 0.15) is 11.8 Å². The Morgan fingerprint density at radius 2 is 2.12 bits per heavy atom. The number of benzodiazepines with no additional fused rings is 1. The Bertz CT molecular complexity index is 958. The molecule has 0 saturated heterocycles. The minimum Gasteiger partial charge on any atom is -0.497 e. The van der Waals surface area contributed by atoms with Crippen LogP contribution in [0.3, 0.4) is 0 Å². The average molecular weight is 362 g/mol. The lowest BCUT2D eigenvalue weighted by atomic mass is 10.00. The molecule has 0 spiro atoms. The van der Waals surface area contributed by atoms with Gasteiger partial charge in [-0.05, 0) is 30.3 Å². The van der Waals surface area contributed by atoms with Crippen molar-refractivity contribution >= 4 is 34.9 Å². The number of methoxy groups -OCH3 is 1. The summed E-state index contributed by atoms with van der Waals surface area (Å²) in [6.45, 7) is 0. The fourth-order valence-corrected chi connectivity index (χ4v) is 2.66. The zero-order chi connectivity index (χ0) is 20.5. The molecule has 7 heteroatoms. The first kappa shape index (κ1) is 13.4. The van der Waals surface area contributed by atoms with Crippen LogP contribution in [-0.4, -0.2) is 35.8 Å². The molecule has 2 aromatic rings. The predicted octanol–water partition coefficient (Wildman–Crippen LogP) is 2.98. The zero-order valence-corrected chi connectivity index (χ0v) is 13.6. The molecule has 0 aliphatic carbocycles. The summed E-state index contributed by atoms with van der Waals surface area (Å²) in [4.78, 5) is 27.9. The number of amides is 1. The number of carbonyl (C=O) groups excluding carboxylic acids is 1. The second-order valence-electron chi connectivity index (χ2n) is 5.40. The number of hydrogen-bond donors (Lipinski definition) is 2. The van der Waals surface area contributed by atoms with Crippen molar-refractivity contribution in [1.82, 2.24) is 0 Å². The van der Waals surface area contributed by atoms with Crippen molar-refractivity contribution in [2.24, 2.45) is 4.99 Å². The monoisotopic (exact) mass is 361 g/mol. The summed E-state index contributed by atoms with van der Waals surface area (Å²) >= 11 is 5.94. The van der Waals surface area contributed by atoms with Gasteiger partial charge in [0.15, 0.2) is 0 Å². The van der Waals surface area contributed by atoms with Crippen LogP contribution in [0.25, 0.3) is 0 Å². The van der Waals surface area contributed by atoms with Crippen LogP contribution >= 0.6 is 11.6 Å². The van der Waals surface area contributed by atoms with E-state index < -0.39 is 31.4 Å². The molecule has 1 aliphatic rings. The number of halogens is 1. The van der Waals surface area contributed by atoms with Gasteiger partial charge in [0.25, 0.3) is 0 Å². The highest BCUT2D eigenvalue weighted by molar-refractivity contribution is 6.30. The topological polar surface area (TPSA) is 88.0 Å². The summed E-state index contributed by atoms with van der Waals surface area (Å²) in [7, 11) is -2.65. The third kappa shape index (κ3) is 3.64. The number of carboxylic acids is 1. The Morgan fingerprint density at radius 1 is 1.36 bits per heavy atom. The number of aliphatic carboxylic acids is 1. The van der Waals surface area contributed by atoms with E-state index in [1.54, 1.807) is 24.3 Å². The lowest BCUT2D eigenvalue weighted by Gasteiger charge is -2.11. The number of carbonyl (C=O) groups is 2. The first-order valence-corrected chi connectivity index (χ1v) is 7.70. The van der Waals surface area contributed by atoms with Crippen molar-refractivity contribution in [2.75, 3.05) is 12.4 Å². The zero-order valence-electron chi connectivity index (χ0n) is 15.8. The van der Waals surface area contributed by atoms with Gasteiger partial charge in [-0.2, -0.15) is 0 Å². The fourth-order valence-electron chi connectivity index (χ4n) is 2.53. The Morgan fingerprint density at radius 3 is 2.80 bits per heavy atom. The summed E-state index contributed by atoms with van der Waals surface area (Å²) in [5.41, 5.74) is 1.69. The van der Waals surface area contributed by atoms with Crippen LogP contribution in [0, 0.1) is 0 Å². The number of anilines is 1. The SMILES string of the molecule is [2H]C([2H])([2H])Oc1ccc2c(c1)C(c1ccc(Cl)cc1)=N[C@@H](CC(=O)O)C(=O)N2. The number of rotatable bonds is 4. The van der Waals surface area contributed by atoms with E-state index in [-0.39, 0.29) is 5.75 Å². The van der Waals surface area contributed by atoms with Gasteiger partial charge in [0, 0.05) is 16.1 Å². The van der Waals surface area contributed by atoms with Crippen LogP contribution < -0.4 is 10.1 Å². The van der Waals surface area contributed by atoms with E-state index in [1.807, 2.05) is 0 Å². The Kier molecular flexibility index (Phi) is 3.73. The van der Waals surface area contributed by atoms with Crippen LogP contribution in [0.4, 0.5) is 5.69 Å². The van der Waals surface area contributed by atoms with Crippen LogP contribution in [-0.2, 0) is 9.59 Å². The summed E-state index contributed by atoms with van der Waals surface area (Å²) in [5, 5.41) is 12.2. The molecule has 6 nitrogen and oxygen atoms in total. The molecule has 25 heavy (non-hydrogen) atoms. The number of aliphatic imine (C=N–C) groups is 1. The molecule has 0 unspecified atom stereocenters. The molecule has 0 fully saturated rings. The van der Waals surface area contributed by atoms with Crippen molar-refractivity contribution in [3.63, 3.8) is 0 Å². The van der Waals surface area contributed by atoms with E-state index in [2.05, 4.69) is 10.3 Å². The molecular weight excluding hydrogens is 344 g/mol. The van der Waals surface area contributed by atoms with Gasteiger partial charge in [-0.3, -0.25) is 14.6 Å². The van der Waals surface area contributed by atoms with Gasteiger partial charge < -0.3 is 15.2 Å². The minimum atomic E-state index is -2.65. The second kappa shape index (κ2) is 6.94. The van der Waals surface area contributed by atoms with Crippen molar-refractivity contribution < 1.29 is 23.5 Å². The molecule has 0 radical (unpaired) electrons. The van der Waals surface area contributed by atoms with Gasteiger partial charge >= 0.3 is 5.97 Å². The summed E-state index contributed by atoms with van der Waals surface area (Å²) < 4.78 is 26.7. The number of ether oxygens (including phenoxy) is 1. The number of nitrogens with one attached hydrogen (secondary N) is 1. The third-order valence-corrected chi connectivity index (χ3v) is 3.95. The van der Waals surface area contributed by atoms with Crippen LogP contribution in [0.5, 0.6) is 5.75 Å².